The molecule has 0 aromatic carbocycles. The average molecular weight is 157 g/mol. The molecule has 1 atom stereocenters. The van der Waals surface area contributed by atoms with E-state index in [2.05, 4.69) is 5.32 Å². The summed E-state index contributed by atoms with van der Waals surface area (Å²) in [7, 11) is 0. The first-order valence-corrected chi connectivity index (χ1v) is 4.54. The van der Waals surface area contributed by atoms with E-state index in [9.17, 15) is 4.79 Å². The van der Waals surface area contributed by atoms with Crippen LogP contribution < -0.4 is 5.32 Å². The van der Waals surface area contributed by atoms with Gasteiger partial charge in [-0.15, -0.1) is 0 Å². The van der Waals surface area contributed by atoms with Gasteiger partial charge < -0.3 is 5.32 Å². The van der Waals surface area contributed by atoms with Crippen molar-refractivity contribution in [2.45, 2.75) is 46.1 Å². The van der Waals surface area contributed by atoms with Crippen LogP contribution in [0.5, 0.6) is 0 Å². The number of hydrogen-bond donors (Lipinski definition) is 1. The van der Waals surface area contributed by atoms with Crippen molar-refractivity contribution >= 4 is 5.78 Å². The zero-order chi connectivity index (χ0) is 8.69. The summed E-state index contributed by atoms with van der Waals surface area (Å²) in [6, 6.07) is 0.166. The summed E-state index contributed by atoms with van der Waals surface area (Å²) >= 11 is 0. The minimum absolute atomic E-state index is 0.166. The number of ketones is 1. The zero-order valence-corrected chi connectivity index (χ0v) is 7.81. The van der Waals surface area contributed by atoms with Gasteiger partial charge in [-0.2, -0.15) is 0 Å². The normalized spacial score (nSPS) is 23.4. The number of rotatable bonds is 1. The van der Waals surface area contributed by atoms with Crippen molar-refractivity contribution in [3.05, 3.63) is 0 Å². The fraction of sp³-hybridized carbons (Fsp3) is 0.889. The highest BCUT2D eigenvalue weighted by Crippen LogP contribution is 2.06. The molecule has 0 amide bonds. The van der Waals surface area contributed by atoms with Gasteiger partial charge in [-0.3, -0.25) is 4.79 Å². The molecule has 11 heavy (non-hydrogen) atoms. The summed E-state index contributed by atoms with van der Waals surface area (Å²) in [6.07, 6.45) is 3.47. The minimum Gasteiger partial charge on any atom is -0.307 e. The van der Waals surface area contributed by atoms with Crippen LogP contribution >= 0.6 is 0 Å². The minimum atomic E-state index is 0.166. The molecule has 1 saturated heterocycles. The molecule has 2 heteroatoms. The standard InChI is InChI=1S/C7H13NO.C2H6/c1-6(9)7-4-2-3-5-8-7;1-2/h7-8H,2-5H2,1H3;1-2H3. The van der Waals surface area contributed by atoms with Gasteiger partial charge in [0, 0.05) is 0 Å². The Bertz CT molecular complexity index is 106. The number of hydrogen-bond acceptors (Lipinski definition) is 2. The van der Waals surface area contributed by atoms with Crippen LogP contribution in [0.2, 0.25) is 0 Å². The maximum atomic E-state index is 10.7. The molecule has 1 N–H and O–H groups in total. The molecule has 0 aromatic rings. The Labute approximate surface area is 69.4 Å². The number of piperidine rings is 1. The third-order valence-electron chi connectivity index (χ3n) is 1.80. The SMILES string of the molecule is CC.CC(=O)C1CCCCN1. The Morgan fingerprint density at radius 3 is 2.27 bits per heavy atom. The molecule has 1 fully saturated rings. The molecule has 1 rings (SSSR count). The summed E-state index contributed by atoms with van der Waals surface area (Å²) in [6.45, 7) is 6.67. The van der Waals surface area contributed by atoms with Crippen molar-refractivity contribution in [3.63, 3.8) is 0 Å². The lowest BCUT2D eigenvalue weighted by molar-refractivity contribution is -0.119. The van der Waals surface area contributed by atoms with Gasteiger partial charge in [-0.25, -0.2) is 0 Å². The number of carbonyl (C=O) groups excluding carboxylic acids is 1. The fourth-order valence-electron chi connectivity index (χ4n) is 1.20. The van der Waals surface area contributed by atoms with E-state index in [1.807, 2.05) is 13.8 Å². The van der Waals surface area contributed by atoms with Crippen LogP contribution in [0.4, 0.5) is 0 Å². The summed E-state index contributed by atoms with van der Waals surface area (Å²) < 4.78 is 0. The predicted octanol–water partition coefficient (Wildman–Crippen LogP) is 1.74. The van der Waals surface area contributed by atoms with Crippen LogP contribution in [-0.4, -0.2) is 18.4 Å². The Balaban J connectivity index is 0.000000461. The molecular weight excluding hydrogens is 138 g/mol. The first-order chi connectivity index (χ1) is 5.30. The Morgan fingerprint density at radius 2 is 2.00 bits per heavy atom. The third-order valence-corrected chi connectivity index (χ3v) is 1.80. The summed E-state index contributed by atoms with van der Waals surface area (Å²) in [5, 5.41) is 3.17. The second kappa shape index (κ2) is 6.35. The van der Waals surface area contributed by atoms with Crippen LogP contribution in [0.15, 0.2) is 0 Å². The molecule has 2 nitrogen and oxygen atoms in total. The van der Waals surface area contributed by atoms with Crippen molar-refractivity contribution < 1.29 is 4.79 Å². The van der Waals surface area contributed by atoms with Crippen LogP contribution in [0.3, 0.4) is 0 Å². The average Bonchev–Trinajstić information content (AvgIpc) is 2.10. The zero-order valence-electron chi connectivity index (χ0n) is 7.81. The highest BCUT2D eigenvalue weighted by atomic mass is 16.1. The topological polar surface area (TPSA) is 29.1 Å². The lowest BCUT2D eigenvalue weighted by Gasteiger charge is -2.20. The lowest BCUT2D eigenvalue weighted by atomic mass is 10.0. The quantitative estimate of drug-likeness (QED) is 0.628. The fourth-order valence-corrected chi connectivity index (χ4v) is 1.20. The molecule has 1 heterocycles. The van der Waals surface area contributed by atoms with Crippen LogP contribution in [0.25, 0.3) is 0 Å². The summed E-state index contributed by atoms with van der Waals surface area (Å²) in [4.78, 5) is 10.7. The van der Waals surface area contributed by atoms with Gasteiger partial charge in [-0.1, -0.05) is 20.3 Å². The molecule has 0 saturated carbocycles. The third kappa shape index (κ3) is 4.14. The molecule has 0 bridgehead atoms. The molecule has 0 radical (unpaired) electrons. The monoisotopic (exact) mass is 157 g/mol. The van der Waals surface area contributed by atoms with E-state index < -0.39 is 0 Å². The molecule has 1 aliphatic heterocycles. The first kappa shape index (κ1) is 10.6. The Hall–Kier alpha value is -0.370. The van der Waals surface area contributed by atoms with E-state index in [1.165, 1.54) is 12.8 Å². The molecule has 0 aliphatic carbocycles. The van der Waals surface area contributed by atoms with E-state index in [4.69, 9.17) is 0 Å². The smallest absolute Gasteiger partial charge is 0.146 e. The van der Waals surface area contributed by atoms with Crippen LogP contribution in [-0.2, 0) is 4.79 Å². The number of carbonyl (C=O) groups is 1. The van der Waals surface area contributed by atoms with Gasteiger partial charge in [0.25, 0.3) is 0 Å². The first-order valence-electron chi connectivity index (χ1n) is 4.54. The Morgan fingerprint density at radius 1 is 1.36 bits per heavy atom. The van der Waals surface area contributed by atoms with Crippen molar-refractivity contribution in [2.24, 2.45) is 0 Å². The highest BCUT2D eigenvalue weighted by molar-refractivity contribution is 5.81. The van der Waals surface area contributed by atoms with Crippen molar-refractivity contribution in [1.82, 2.24) is 5.32 Å². The largest absolute Gasteiger partial charge is 0.307 e. The molecule has 0 aromatic heterocycles. The van der Waals surface area contributed by atoms with Crippen molar-refractivity contribution in [1.29, 1.82) is 0 Å². The molecule has 1 unspecified atom stereocenters. The van der Waals surface area contributed by atoms with Crippen molar-refractivity contribution in [3.8, 4) is 0 Å². The summed E-state index contributed by atoms with van der Waals surface area (Å²) in [5.41, 5.74) is 0. The number of nitrogens with one attached hydrogen (secondary N) is 1. The van der Waals surface area contributed by atoms with E-state index in [-0.39, 0.29) is 11.8 Å². The summed E-state index contributed by atoms with van der Waals surface area (Å²) in [5.74, 6) is 0.287. The van der Waals surface area contributed by atoms with Gasteiger partial charge >= 0.3 is 0 Å². The predicted molar refractivity (Wildman–Crippen MR) is 47.7 cm³/mol. The van der Waals surface area contributed by atoms with E-state index in [0.717, 1.165) is 13.0 Å². The van der Waals surface area contributed by atoms with Crippen molar-refractivity contribution in [2.75, 3.05) is 6.54 Å². The van der Waals surface area contributed by atoms with Gasteiger partial charge in [0.1, 0.15) is 5.78 Å². The van der Waals surface area contributed by atoms with E-state index in [1.54, 1.807) is 6.92 Å². The van der Waals surface area contributed by atoms with Crippen LogP contribution in [0.1, 0.15) is 40.0 Å². The molecular formula is C9H19NO. The highest BCUT2D eigenvalue weighted by Gasteiger charge is 2.15. The second-order valence-corrected chi connectivity index (χ2v) is 2.61. The van der Waals surface area contributed by atoms with Gasteiger partial charge in [0.15, 0.2) is 0 Å². The Kier molecular flexibility index (Phi) is 6.13. The van der Waals surface area contributed by atoms with E-state index in [0.29, 0.717) is 0 Å². The maximum Gasteiger partial charge on any atom is 0.146 e. The molecule has 66 valence electrons. The van der Waals surface area contributed by atoms with Gasteiger partial charge in [0.2, 0.25) is 0 Å². The van der Waals surface area contributed by atoms with Gasteiger partial charge in [-0.05, 0) is 26.3 Å². The second-order valence-electron chi connectivity index (χ2n) is 2.61. The molecule has 0 spiro atoms. The molecule has 1 aliphatic rings. The van der Waals surface area contributed by atoms with E-state index >= 15 is 0 Å². The number of Topliss-reactive ketones (excluding diaryl/α,β-unsaturated/α-hetero) is 1. The van der Waals surface area contributed by atoms with Crippen LogP contribution in [0, 0.1) is 0 Å². The van der Waals surface area contributed by atoms with Gasteiger partial charge in [0.05, 0.1) is 6.04 Å². The lowest BCUT2D eigenvalue weighted by Crippen LogP contribution is -2.38. The maximum absolute atomic E-state index is 10.7.